The maximum atomic E-state index is 5.47. The molecular formula is C18H24N4O. The van der Waals surface area contributed by atoms with Crippen molar-refractivity contribution < 1.29 is 4.74 Å². The first-order chi connectivity index (χ1) is 11.2. The lowest BCUT2D eigenvalue weighted by molar-refractivity contribution is 0.340. The number of rotatable bonds is 5. The van der Waals surface area contributed by atoms with Gasteiger partial charge in [0.1, 0.15) is 11.6 Å². The number of hydrogen-bond acceptors (Lipinski definition) is 5. The molecule has 23 heavy (non-hydrogen) atoms. The Labute approximate surface area is 137 Å². The molecule has 5 nitrogen and oxygen atoms in total. The fraction of sp³-hybridized carbons (Fsp3) is 0.444. The van der Waals surface area contributed by atoms with Crippen LogP contribution in [0.1, 0.15) is 31.9 Å². The highest BCUT2D eigenvalue weighted by Gasteiger charge is 2.14. The van der Waals surface area contributed by atoms with Gasteiger partial charge in [0.05, 0.1) is 6.61 Å². The van der Waals surface area contributed by atoms with Crippen molar-refractivity contribution in [1.82, 2.24) is 9.97 Å². The van der Waals surface area contributed by atoms with E-state index in [9.17, 15) is 0 Å². The van der Waals surface area contributed by atoms with Gasteiger partial charge in [0, 0.05) is 30.5 Å². The van der Waals surface area contributed by atoms with Crippen molar-refractivity contribution in [3.8, 4) is 5.75 Å². The highest BCUT2D eigenvalue weighted by molar-refractivity contribution is 5.58. The van der Waals surface area contributed by atoms with Crippen molar-refractivity contribution in [3.05, 3.63) is 36.0 Å². The van der Waals surface area contributed by atoms with Gasteiger partial charge in [0.15, 0.2) is 0 Å². The summed E-state index contributed by atoms with van der Waals surface area (Å²) < 4.78 is 5.47. The molecule has 0 atom stereocenters. The van der Waals surface area contributed by atoms with Gasteiger partial charge in [0.2, 0.25) is 5.95 Å². The summed E-state index contributed by atoms with van der Waals surface area (Å²) in [6, 6.07) is 9.91. The normalized spacial score (nSPS) is 14.6. The molecule has 1 aliphatic rings. The lowest BCUT2D eigenvalue weighted by Crippen LogP contribution is -2.31. The van der Waals surface area contributed by atoms with Gasteiger partial charge in [-0.3, -0.25) is 0 Å². The molecule has 1 fully saturated rings. The predicted octanol–water partition coefficient (Wildman–Crippen LogP) is 3.92. The van der Waals surface area contributed by atoms with Crippen LogP contribution >= 0.6 is 0 Å². The van der Waals surface area contributed by atoms with Gasteiger partial charge in [-0.2, -0.15) is 4.98 Å². The van der Waals surface area contributed by atoms with Crippen LogP contribution in [0.5, 0.6) is 5.75 Å². The number of nitrogens with one attached hydrogen (secondary N) is 1. The van der Waals surface area contributed by atoms with Crippen molar-refractivity contribution in [2.75, 3.05) is 29.9 Å². The maximum absolute atomic E-state index is 5.47. The van der Waals surface area contributed by atoms with Gasteiger partial charge in [0.25, 0.3) is 0 Å². The van der Waals surface area contributed by atoms with Crippen molar-refractivity contribution in [2.24, 2.45) is 0 Å². The standard InChI is InChI=1S/C18H24N4O/c1-3-23-16-9-7-15(8-10-16)20-17-13-14(2)19-18(21-17)22-11-5-4-6-12-22/h7-10,13H,3-6,11-12H2,1-2H3,(H,19,20,21). The molecule has 1 aliphatic heterocycles. The molecule has 1 aromatic heterocycles. The molecular weight excluding hydrogens is 288 g/mol. The van der Waals surface area contributed by atoms with Crippen LogP contribution in [0.25, 0.3) is 0 Å². The molecule has 0 saturated carbocycles. The SMILES string of the molecule is CCOc1ccc(Nc2cc(C)nc(N3CCCCC3)n2)cc1. The quantitative estimate of drug-likeness (QED) is 0.907. The van der Waals surface area contributed by atoms with Gasteiger partial charge in [-0.1, -0.05) is 0 Å². The monoisotopic (exact) mass is 312 g/mol. The number of piperidine rings is 1. The maximum Gasteiger partial charge on any atom is 0.227 e. The molecule has 0 bridgehead atoms. The highest BCUT2D eigenvalue weighted by atomic mass is 16.5. The molecule has 0 unspecified atom stereocenters. The lowest BCUT2D eigenvalue weighted by Gasteiger charge is -2.27. The first-order valence-corrected chi connectivity index (χ1v) is 8.35. The topological polar surface area (TPSA) is 50.3 Å². The molecule has 1 N–H and O–H groups in total. The van der Waals surface area contributed by atoms with Gasteiger partial charge < -0.3 is 15.0 Å². The first-order valence-electron chi connectivity index (χ1n) is 8.35. The second-order valence-electron chi connectivity index (χ2n) is 5.82. The van der Waals surface area contributed by atoms with Crippen LogP contribution in [-0.2, 0) is 0 Å². The fourth-order valence-corrected chi connectivity index (χ4v) is 2.80. The third-order valence-corrected chi connectivity index (χ3v) is 3.92. The largest absolute Gasteiger partial charge is 0.494 e. The number of benzene rings is 1. The van der Waals surface area contributed by atoms with Gasteiger partial charge >= 0.3 is 0 Å². The molecule has 0 aliphatic carbocycles. The van der Waals surface area contributed by atoms with Crippen LogP contribution in [0.3, 0.4) is 0 Å². The second kappa shape index (κ2) is 7.31. The number of anilines is 3. The van der Waals surface area contributed by atoms with Crippen molar-refractivity contribution in [3.63, 3.8) is 0 Å². The number of ether oxygens (including phenoxy) is 1. The number of aryl methyl sites for hydroxylation is 1. The third kappa shape index (κ3) is 4.12. The van der Waals surface area contributed by atoms with E-state index in [-0.39, 0.29) is 0 Å². The van der Waals surface area contributed by atoms with Crippen LogP contribution in [0, 0.1) is 6.92 Å². The third-order valence-electron chi connectivity index (χ3n) is 3.92. The van der Waals surface area contributed by atoms with Crippen molar-refractivity contribution >= 4 is 17.5 Å². The zero-order chi connectivity index (χ0) is 16.1. The molecule has 1 aromatic carbocycles. The molecule has 122 valence electrons. The Balaban J connectivity index is 1.75. The minimum absolute atomic E-state index is 0.678. The molecule has 2 aromatic rings. The summed E-state index contributed by atoms with van der Waals surface area (Å²) in [5.74, 6) is 2.55. The summed E-state index contributed by atoms with van der Waals surface area (Å²) in [6.45, 7) is 6.77. The average Bonchev–Trinajstić information content (AvgIpc) is 2.57. The second-order valence-corrected chi connectivity index (χ2v) is 5.82. The van der Waals surface area contributed by atoms with Crippen LogP contribution in [0.15, 0.2) is 30.3 Å². The van der Waals surface area contributed by atoms with E-state index in [0.717, 1.165) is 42.0 Å². The molecule has 0 radical (unpaired) electrons. The summed E-state index contributed by atoms with van der Waals surface area (Å²) in [7, 11) is 0. The minimum Gasteiger partial charge on any atom is -0.494 e. The van der Waals surface area contributed by atoms with E-state index in [2.05, 4.69) is 20.2 Å². The summed E-state index contributed by atoms with van der Waals surface area (Å²) in [5.41, 5.74) is 1.98. The van der Waals surface area contributed by atoms with Crippen LogP contribution in [-0.4, -0.2) is 29.7 Å². The Morgan fingerprint density at radius 1 is 1.09 bits per heavy atom. The van der Waals surface area contributed by atoms with Crippen LogP contribution < -0.4 is 15.0 Å². The fourth-order valence-electron chi connectivity index (χ4n) is 2.80. The van der Waals surface area contributed by atoms with E-state index < -0.39 is 0 Å². The molecule has 1 saturated heterocycles. The lowest BCUT2D eigenvalue weighted by atomic mass is 10.1. The number of nitrogens with zero attached hydrogens (tertiary/aromatic N) is 3. The van der Waals surface area contributed by atoms with Gasteiger partial charge in [-0.25, -0.2) is 4.98 Å². The van der Waals surface area contributed by atoms with Gasteiger partial charge in [-0.15, -0.1) is 0 Å². The summed E-state index contributed by atoms with van der Waals surface area (Å²) >= 11 is 0. The van der Waals surface area contributed by atoms with Crippen LogP contribution in [0.2, 0.25) is 0 Å². The van der Waals surface area contributed by atoms with E-state index in [0.29, 0.717) is 6.61 Å². The number of aromatic nitrogens is 2. The zero-order valence-corrected chi connectivity index (χ0v) is 13.9. The first kappa shape index (κ1) is 15.6. The van der Waals surface area contributed by atoms with E-state index in [1.165, 1.54) is 19.3 Å². The minimum atomic E-state index is 0.678. The Hall–Kier alpha value is -2.30. The van der Waals surface area contributed by atoms with E-state index >= 15 is 0 Å². The van der Waals surface area contributed by atoms with E-state index in [4.69, 9.17) is 4.74 Å². The Morgan fingerprint density at radius 3 is 2.52 bits per heavy atom. The summed E-state index contributed by atoms with van der Waals surface area (Å²) in [5, 5.41) is 3.36. The van der Waals surface area contributed by atoms with E-state index in [1.807, 2.05) is 44.2 Å². The summed E-state index contributed by atoms with van der Waals surface area (Å²) in [4.78, 5) is 11.6. The van der Waals surface area contributed by atoms with Crippen molar-refractivity contribution in [1.29, 1.82) is 0 Å². The summed E-state index contributed by atoms with van der Waals surface area (Å²) in [6.07, 6.45) is 3.75. The van der Waals surface area contributed by atoms with E-state index in [1.54, 1.807) is 0 Å². The Kier molecular flexibility index (Phi) is 4.95. The van der Waals surface area contributed by atoms with Gasteiger partial charge in [-0.05, 0) is 57.4 Å². The smallest absolute Gasteiger partial charge is 0.227 e. The Bertz CT molecular complexity index is 636. The zero-order valence-electron chi connectivity index (χ0n) is 13.9. The highest BCUT2D eigenvalue weighted by Crippen LogP contribution is 2.22. The molecule has 2 heterocycles. The average molecular weight is 312 g/mol. The molecule has 0 amide bonds. The predicted molar refractivity (Wildman–Crippen MR) is 93.7 cm³/mol. The van der Waals surface area contributed by atoms with Crippen molar-refractivity contribution in [2.45, 2.75) is 33.1 Å². The Morgan fingerprint density at radius 2 is 1.83 bits per heavy atom. The van der Waals surface area contributed by atoms with Crippen LogP contribution in [0.4, 0.5) is 17.5 Å². The molecule has 0 spiro atoms. The molecule has 3 rings (SSSR count). The molecule has 5 heteroatoms. The number of hydrogen-bond donors (Lipinski definition) is 1.